The molecule has 11 heteroatoms. The maximum atomic E-state index is 14.2. The van der Waals surface area contributed by atoms with E-state index in [1.54, 1.807) is 91.0 Å². The zero-order valence-corrected chi connectivity index (χ0v) is 20.9. The molecule has 3 aromatic rings. The zero-order valence-electron chi connectivity index (χ0n) is 20.1. The summed E-state index contributed by atoms with van der Waals surface area (Å²) in [6.07, 6.45) is -6.71. The van der Waals surface area contributed by atoms with Crippen molar-refractivity contribution < 1.29 is 32.9 Å². The average molecular weight is 528 g/mol. The molecule has 1 saturated heterocycles. The minimum absolute atomic E-state index is 0.202. The average Bonchev–Trinajstić information content (AvgIpc) is 2.97. The molecule has 0 radical (unpaired) electrons. The summed E-state index contributed by atoms with van der Waals surface area (Å²) in [5.41, 5.74) is 0.608. The van der Waals surface area contributed by atoms with Crippen molar-refractivity contribution in [1.82, 2.24) is 13.9 Å². The van der Waals surface area contributed by atoms with E-state index in [1.165, 1.54) is 7.05 Å². The molecule has 1 fully saturated rings. The van der Waals surface area contributed by atoms with Gasteiger partial charge in [-0.25, -0.2) is 0 Å². The van der Waals surface area contributed by atoms with Crippen molar-refractivity contribution >= 4 is 16.1 Å². The van der Waals surface area contributed by atoms with E-state index < -0.39 is 47.3 Å². The second-order valence-corrected chi connectivity index (χ2v) is 10.2. The van der Waals surface area contributed by atoms with E-state index in [0.717, 1.165) is 8.61 Å². The van der Waals surface area contributed by atoms with Gasteiger partial charge in [0.1, 0.15) is 23.7 Å². The van der Waals surface area contributed by atoms with Gasteiger partial charge in [-0.2, -0.15) is 8.42 Å². The zero-order chi connectivity index (χ0) is 26.4. The van der Waals surface area contributed by atoms with Gasteiger partial charge in [-0.15, -0.1) is 8.61 Å². The highest BCUT2D eigenvalue weighted by Gasteiger charge is 2.53. The van der Waals surface area contributed by atoms with Crippen LogP contribution in [-0.2, 0) is 21.5 Å². The van der Waals surface area contributed by atoms with Crippen molar-refractivity contribution in [2.45, 2.75) is 31.2 Å². The number of nitrogens with one attached hydrogen (secondary N) is 1. The number of carbonyl (C=O) groups is 1. The van der Waals surface area contributed by atoms with Crippen LogP contribution in [0.1, 0.15) is 5.56 Å². The van der Waals surface area contributed by atoms with Crippen LogP contribution in [0.15, 0.2) is 91.0 Å². The third kappa shape index (κ3) is 6.09. The van der Waals surface area contributed by atoms with Crippen molar-refractivity contribution in [1.29, 1.82) is 0 Å². The molecule has 1 aliphatic heterocycles. The van der Waals surface area contributed by atoms with Crippen LogP contribution in [-0.4, -0.2) is 71.4 Å². The fourth-order valence-electron chi connectivity index (χ4n) is 3.94. The standard InChI is InChI=1S/C26H29N3O7S/c1-27-22(30)18-29-26(36-21-15-9-4-10-16-21)24(32)23(31)25(35-20-13-7-3-8-14-20)28(37(29,33)34)17-19-11-5-2-6-12-19/h2-16,23-26,31-32H,17-18H2,1H3,(H,27,30)/t23-,24-,25-,26-/m1/s1. The topological polar surface area (TPSA) is 129 Å². The minimum atomic E-state index is -4.57. The highest BCUT2D eigenvalue weighted by molar-refractivity contribution is 7.86. The van der Waals surface area contributed by atoms with Crippen LogP contribution in [0.3, 0.4) is 0 Å². The van der Waals surface area contributed by atoms with Crippen LogP contribution in [0.5, 0.6) is 11.5 Å². The normalized spacial score (nSPS) is 24.1. The molecule has 0 aliphatic carbocycles. The number of para-hydroxylation sites is 2. The number of aliphatic hydroxyl groups is 2. The van der Waals surface area contributed by atoms with Crippen molar-refractivity contribution in [2.24, 2.45) is 0 Å². The van der Waals surface area contributed by atoms with E-state index in [2.05, 4.69) is 5.32 Å². The third-order valence-electron chi connectivity index (χ3n) is 5.85. The number of benzene rings is 3. The predicted octanol–water partition coefficient (Wildman–Crippen LogP) is 1.33. The Kier molecular flexibility index (Phi) is 8.41. The minimum Gasteiger partial charge on any atom is -0.471 e. The summed E-state index contributed by atoms with van der Waals surface area (Å²) in [5.74, 6) is -0.103. The Morgan fingerprint density at radius 3 is 1.68 bits per heavy atom. The summed E-state index contributed by atoms with van der Waals surface area (Å²) in [4.78, 5) is 12.4. The van der Waals surface area contributed by atoms with Crippen LogP contribution in [0, 0.1) is 0 Å². The molecule has 0 aromatic heterocycles. The van der Waals surface area contributed by atoms with Crippen LogP contribution in [0.4, 0.5) is 0 Å². The molecular formula is C26H29N3O7S. The van der Waals surface area contributed by atoms with E-state index in [-0.39, 0.29) is 18.0 Å². The summed E-state index contributed by atoms with van der Waals surface area (Å²) in [6.45, 7) is -0.865. The molecule has 0 spiro atoms. The fourth-order valence-corrected chi connectivity index (χ4v) is 5.66. The van der Waals surface area contributed by atoms with Crippen LogP contribution < -0.4 is 14.8 Å². The molecule has 3 N–H and O–H groups in total. The van der Waals surface area contributed by atoms with E-state index in [4.69, 9.17) is 9.47 Å². The summed E-state index contributed by atoms with van der Waals surface area (Å²) >= 11 is 0. The van der Waals surface area contributed by atoms with Gasteiger partial charge in [0.05, 0.1) is 6.54 Å². The Morgan fingerprint density at radius 1 is 0.784 bits per heavy atom. The number of likely N-dealkylation sites (N-methyl/N-ethyl adjacent to an activating group) is 1. The number of carbonyl (C=O) groups excluding carboxylic acids is 1. The Hall–Kier alpha value is -3.48. The first-order valence-electron chi connectivity index (χ1n) is 11.6. The van der Waals surface area contributed by atoms with Crippen molar-refractivity contribution in [2.75, 3.05) is 13.6 Å². The molecule has 0 bridgehead atoms. The molecule has 1 amide bonds. The first-order valence-corrected chi connectivity index (χ1v) is 13.0. The molecule has 0 unspecified atom stereocenters. The lowest BCUT2D eigenvalue weighted by atomic mass is 10.1. The maximum absolute atomic E-state index is 14.2. The Morgan fingerprint density at radius 2 is 1.22 bits per heavy atom. The largest absolute Gasteiger partial charge is 0.471 e. The Bertz CT molecular complexity index is 1260. The van der Waals surface area contributed by atoms with Gasteiger partial charge in [-0.1, -0.05) is 66.7 Å². The molecule has 3 aromatic carbocycles. The molecule has 1 aliphatic rings. The molecular weight excluding hydrogens is 498 g/mol. The molecule has 0 saturated carbocycles. The summed E-state index contributed by atoms with van der Waals surface area (Å²) < 4.78 is 41.9. The van der Waals surface area contributed by atoms with E-state index in [1.807, 2.05) is 0 Å². The molecule has 10 nitrogen and oxygen atoms in total. The van der Waals surface area contributed by atoms with Gasteiger partial charge in [-0.05, 0) is 29.8 Å². The van der Waals surface area contributed by atoms with Gasteiger partial charge in [0.25, 0.3) is 10.2 Å². The molecule has 37 heavy (non-hydrogen) atoms. The molecule has 196 valence electrons. The summed E-state index contributed by atoms with van der Waals surface area (Å²) in [7, 11) is -3.20. The van der Waals surface area contributed by atoms with Gasteiger partial charge in [0.15, 0.2) is 12.5 Å². The molecule has 4 atom stereocenters. The fraction of sp³-hybridized carbons (Fsp3) is 0.269. The molecule has 4 rings (SSSR count). The number of hydrogen-bond donors (Lipinski definition) is 3. The number of hydrogen-bond acceptors (Lipinski definition) is 7. The third-order valence-corrected chi connectivity index (χ3v) is 7.71. The first kappa shape index (κ1) is 26.6. The van der Waals surface area contributed by atoms with Crippen molar-refractivity contribution in [3.8, 4) is 11.5 Å². The lowest BCUT2D eigenvalue weighted by Crippen LogP contribution is -2.55. The monoisotopic (exact) mass is 527 g/mol. The van der Waals surface area contributed by atoms with Gasteiger partial charge in [-0.3, -0.25) is 4.79 Å². The second kappa shape index (κ2) is 11.7. The molecule has 1 heterocycles. The first-order chi connectivity index (χ1) is 17.8. The highest BCUT2D eigenvalue weighted by atomic mass is 32.2. The van der Waals surface area contributed by atoms with Gasteiger partial charge in [0, 0.05) is 13.6 Å². The van der Waals surface area contributed by atoms with Crippen molar-refractivity contribution in [3.63, 3.8) is 0 Å². The van der Waals surface area contributed by atoms with E-state index >= 15 is 0 Å². The Balaban J connectivity index is 1.83. The Labute approximate surface area is 215 Å². The number of nitrogens with zero attached hydrogens (tertiary/aromatic N) is 2. The SMILES string of the molecule is CNC(=O)CN1[C@H](Oc2ccccc2)[C@H](O)[C@@H](O)[C@@H](Oc2ccccc2)N(Cc2ccccc2)S1(=O)=O. The summed E-state index contributed by atoms with van der Waals surface area (Å²) in [5, 5.41) is 25.0. The van der Waals surface area contributed by atoms with Crippen LogP contribution in [0.25, 0.3) is 0 Å². The number of ether oxygens (including phenoxy) is 2. The highest BCUT2D eigenvalue weighted by Crippen LogP contribution is 2.31. The quantitative estimate of drug-likeness (QED) is 0.403. The number of rotatable bonds is 8. The summed E-state index contributed by atoms with van der Waals surface area (Å²) in [6, 6.07) is 25.4. The lowest BCUT2D eigenvalue weighted by molar-refractivity contribution is -0.133. The van der Waals surface area contributed by atoms with Crippen LogP contribution in [0.2, 0.25) is 0 Å². The van der Waals surface area contributed by atoms with Gasteiger partial charge >= 0.3 is 0 Å². The van der Waals surface area contributed by atoms with Gasteiger partial charge in [0.2, 0.25) is 5.91 Å². The van der Waals surface area contributed by atoms with Crippen LogP contribution >= 0.6 is 0 Å². The predicted molar refractivity (Wildman–Crippen MR) is 135 cm³/mol. The maximum Gasteiger partial charge on any atom is 0.289 e. The smallest absolute Gasteiger partial charge is 0.289 e. The van der Waals surface area contributed by atoms with E-state index in [0.29, 0.717) is 5.56 Å². The second-order valence-electron chi connectivity index (χ2n) is 8.38. The number of amides is 1. The van der Waals surface area contributed by atoms with Crippen molar-refractivity contribution in [3.05, 3.63) is 96.6 Å². The van der Waals surface area contributed by atoms with E-state index in [9.17, 15) is 23.4 Å². The lowest BCUT2D eigenvalue weighted by Gasteiger charge is -2.33. The number of aliphatic hydroxyl groups excluding tert-OH is 2. The van der Waals surface area contributed by atoms with Gasteiger partial charge < -0.3 is 25.0 Å².